The van der Waals surface area contributed by atoms with Gasteiger partial charge in [0.2, 0.25) is 0 Å². The number of hydrogen-bond acceptors (Lipinski definition) is 2. The Hall–Kier alpha value is -0.730. The minimum Gasteiger partial charge on any atom is -0.450 e. The van der Waals surface area contributed by atoms with Crippen LogP contribution in [-0.4, -0.2) is 19.2 Å². The number of carbonyl (C=O) groups is 1. The lowest BCUT2D eigenvalue weighted by Gasteiger charge is -2.04. The molecule has 0 heterocycles. The lowest BCUT2D eigenvalue weighted by atomic mass is 10.1. The molecule has 0 atom stereocenters. The van der Waals surface area contributed by atoms with Crippen LogP contribution in [0.15, 0.2) is 0 Å². The van der Waals surface area contributed by atoms with Gasteiger partial charge in [-0.15, -0.1) is 0 Å². The molecular formula is C13H27NO2. The molecule has 1 N–H and O–H groups in total. The van der Waals surface area contributed by atoms with Crippen molar-refractivity contribution in [1.82, 2.24) is 5.32 Å². The molecule has 0 aliphatic heterocycles. The van der Waals surface area contributed by atoms with Crippen LogP contribution in [0.1, 0.15) is 65.2 Å². The van der Waals surface area contributed by atoms with Gasteiger partial charge in [-0.2, -0.15) is 0 Å². The summed E-state index contributed by atoms with van der Waals surface area (Å²) in [7, 11) is 0. The number of rotatable bonds is 10. The molecule has 0 aromatic heterocycles. The average molecular weight is 229 g/mol. The van der Waals surface area contributed by atoms with E-state index in [1.807, 2.05) is 6.92 Å². The van der Waals surface area contributed by atoms with E-state index in [2.05, 4.69) is 12.2 Å². The Morgan fingerprint density at radius 3 is 2.06 bits per heavy atom. The molecule has 96 valence electrons. The molecule has 16 heavy (non-hydrogen) atoms. The van der Waals surface area contributed by atoms with Crippen molar-refractivity contribution in [1.29, 1.82) is 0 Å². The molecule has 3 nitrogen and oxygen atoms in total. The molecule has 0 fully saturated rings. The second-order valence-electron chi connectivity index (χ2n) is 4.12. The molecule has 0 aliphatic carbocycles. The van der Waals surface area contributed by atoms with Crippen LogP contribution in [0, 0.1) is 0 Å². The summed E-state index contributed by atoms with van der Waals surface area (Å²) in [6.07, 6.45) is 10.0. The van der Waals surface area contributed by atoms with Crippen LogP contribution in [0.5, 0.6) is 0 Å². The van der Waals surface area contributed by atoms with E-state index in [0.717, 1.165) is 13.0 Å². The Morgan fingerprint density at radius 1 is 0.938 bits per heavy atom. The van der Waals surface area contributed by atoms with E-state index in [4.69, 9.17) is 4.74 Å². The summed E-state index contributed by atoms with van der Waals surface area (Å²) in [6, 6.07) is 0. The number of unbranched alkanes of at least 4 members (excludes halogenated alkanes) is 7. The monoisotopic (exact) mass is 229 g/mol. The van der Waals surface area contributed by atoms with Crippen molar-refractivity contribution in [2.45, 2.75) is 65.2 Å². The van der Waals surface area contributed by atoms with E-state index < -0.39 is 0 Å². The second-order valence-corrected chi connectivity index (χ2v) is 4.12. The van der Waals surface area contributed by atoms with Gasteiger partial charge in [0.15, 0.2) is 0 Å². The zero-order chi connectivity index (χ0) is 12.1. The summed E-state index contributed by atoms with van der Waals surface area (Å²) in [4.78, 5) is 10.9. The lowest BCUT2D eigenvalue weighted by molar-refractivity contribution is 0.152. The summed E-state index contributed by atoms with van der Waals surface area (Å²) in [6.45, 7) is 5.24. The smallest absolute Gasteiger partial charge is 0.407 e. The molecule has 3 heteroatoms. The molecule has 0 spiro atoms. The van der Waals surface area contributed by atoms with Crippen molar-refractivity contribution in [3.05, 3.63) is 0 Å². The lowest BCUT2D eigenvalue weighted by Crippen LogP contribution is -2.25. The van der Waals surface area contributed by atoms with Crippen LogP contribution in [0.4, 0.5) is 4.79 Å². The summed E-state index contributed by atoms with van der Waals surface area (Å²) in [5.74, 6) is 0. The van der Waals surface area contributed by atoms with Gasteiger partial charge in [0, 0.05) is 6.54 Å². The number of nitrogens with one attached hydrogen (secondary N) is 1. The van der Waals surface area contributed by atoms with Crippen LogP contribution < -0.4 is 5.32 Å². The van der Waals surface area contributed by atoms with Crippen LogP contribution in [0.3, 0.4) is 0 Å². The predicted molar refractivity (Wildman–Crippen MR) is 67.6 cm³/mol. The molecular weight excluding hydrogens is 202 g/mol. The first-order valence-corrected chi connectivity index (χ1v) is 6.71. The first-order valence-electron chi connectivity index (χ1n) is 6.71. The van der Waals surface area contributed by atoms with E-state index in [1.54, 1.807) is 0 Å². The quantitative estimate of drug-likeness (QED) is 0.577. The molecule has 0 saturated heterocycles. The molecule has 0 aromatic carbocycles. The molecule has 0 saturated carbocycles. The summed E-state index contributed by atoms with van der Waals surface area (Å²) < 4.78 is 4.76. The normalized spacial score (nSPS) is 10.1. The zero-order valence-electron chi connectivity index (χ0n) is 10.9. The topological polar surface area (TPSA) is 38.3 Å². The third-order valence-electron chi connectivity index (χ3n) is 2.58. The fraction of sp³-hybridized carbons (Fsp3) is 0.923. The Bertz CT molecular complexity index is 160. The highest BCUT2D eigenvalue weighted by atomic mass is 16.5. The van der Waals surface area contributed by atoms with Crippen molar-refractivity contribution in [2.24, 2.45) is 0 Å². The summed E-state index contributed by atoms with van der Waals surface area (Å²) in [5.41, 5.74) is 0. The number of ether oxygens (including phenoxy) is 1. The molecule has 0 rings (SSSR count). The maximum Gasteiger partial charge on any atom is 0.407 e. The summed E-state index contributed by atoms with van der Waals surface area (Å²) >= 11 is 0. The molecule has 1 amide bonds. The highest BCUT2D eigenvalue weighted by Gasteiger charge is 1.97. The molecule has 0 bridgehead atoms. The Kier molecular flexibility index (Phi) is 11.8. The van der Waals surface area contributed by atoms with Gasteiger partial charge in [-0.1, -0.05) is 51.9 Å². The third-order valence-corrected chi connectivity index (χ3v) is 2.58. The predicted octanol–water partition coefficient (Wildman–Crippen LogP) is 3.87. The van der Waals surface area contributed by atoms with Gasteiger partial charge in [-0.25, -0.2) is 4.79 Å². The largest absolute Gasteiger partial charge is 0.450 e. The van der Waals surface area contributed by atoms with Crippen molar-refractivity contribution in [2.75, 3.05) is 13.2 Å². The maximum atomic E-state index is 10.9. The van der Waals surface area contributed by atoms with Crippen LogP contribution in [0.25, 0.3) is 0 Å². The van der Waals surface area contributed by atoms with Gasteiger partial charge in [0.05, 0.1) is 6.61 Å². The van der Waals surface area contributed by atoms with Crippen molar-refractivity contribution < 1.29 is 9.53 Å². The molecule has 0 unspecified atom stereocenters. The first-order chi connectivity index (χ1) is 7.81. The van der Waals surface area contributed by atoms with Gasteiger partial charge < -0.3 is 10.1 Å². The second kappa shape index (κ2) is 12.3. The van der Waals surface area contributed by atoms with Crippen LogP contribution >= 0.6 is 0 Å². The van der Waals surface area contributed by atoms with Gasteiger partial charge in [-0.3, -0.25) is 0 Å². The van der Waals surface area contributed by atoms with Crippen molar-refractivity contribution >= 4 is 6.09 Å². The van der Waals surface area contributed by atoms with E-state index in [1.165, 1.54) is 44.9 Å². The zero-order valence-corrected chi connectivity index (χ0v) is 10.9. The highest BCUT2D eigenvalue weighted by molar-refractivity contribution is 5.66. The summed E-state index contributed by atoms with van der Waals surface area (Å²) in [5, 5.41) is 2.73. The Balaban J connectivity index is 3.01. The number of alkyl carbamates (subject to hydrolysis) is 1. The first kappa shape index (κ1) is 15.3. The van der Waals surface area contributed by atoms with Crippen LogP contribution in [-0.2, 0) is 4.74 Å². The van der Waals surface area contributed by atoms with Crippen molar-refractivity contribution in [3.63, 3.8) is 0 Å². The van der Waals surface area contributed by atoms with E-state index in [9.17, 15) is 4.79 Å². The SMILES string of the molecule is CCCCCCCCCCNC(=O)OCC. The number of carbonyl (C=O) groups excluding carboxylic acids is 1. The fourth-order valence-corrected chi connectivity index (χ4v) is 1.63. The van der Waals surface area contributed by atoms with Gasteiger partial charge in [-0.05, 0) is 13.3 Å². The van der Waals surface area contributed by atoms with E-state index >= 15 is 0 Å². The van der Waals surface area contributed by atoms with Gasteiger partial charge in [0.25, 0.3) is 0 Å². The van der Waals surface area contributed by atoms with Crippen molar-refractivity contribution in [3.8, 4) is 0 Å². The van der Waals surface area contributed by atoms with Gasteiger partial charge >= 0.3 is 6.09 Å². The average Bonchev–Trinajstić information content (AvgIpc) is 2.27. The maximum absolute atomic E-state index is 10.9. The minimum atomic E-state index is -0.287. The fourth-order valence-electron chi connectivity index (χ4n) is 1.63. The number of amides is 1. The van der Waals surface area contributed by atoms with Crippen LogP contribution in [0.2, 0.25) is 0 Å². The molecule has 0 radical (unpaired) electrons. The Labute approximate surface area is 99.9 Å². The minimum absolute atomic E-state index is 0.287. The van der Waals surface area contributed by atoms with E-state index in [-0.39, 0.29) is 6.09 Å². The molecule has 0 aromatic rings. The number of hydrogen-bond donors (Lipinski definition) is 1. The molecule has 0 aliphatic rings. The van der Waals surface area contributed by atoms with Gasteiger partial charge in [0.1, 0.15) is 0 Å². The third kappa shape index (κ3) is 11.3. The highest BCUT2D eigenvalue weighted by Crippen LogP contribution is 2.07. The standard InChI is InChI=1S/C13H27NO2/c1-3-5-6-7-8-9-10-11-12-14-13(15)16-4-2/h3-12H2,1-2H3,(H,14,15). The van der Waals surface area contributed by atoms with E-state index in [0.29, 0.717) is 6.61 Å². The Morgan fingerprint density at radius 2 is 1.50 bits per heavy atom.